The van der Waals surface area contributed by atoms with Crippen molar-refractivity contribution in [1.82, 2.24) is 14.8 Å². The number of rotatable bonds is 7. The maximum Gasteiger partial charge on any atom is 0.282 e. The van der Waals surface area contributed by atoms with Crippen LogP contribution in [0.4, 0.5) is 10.1 Å². The number of nitrogens with zero attached hydrogens (tertiary/aromatic N) is 6. The number of thioether (sulfide) groups is 1. The molecule has 8 nitrogen and oxygen atoms in total. The molecule has 0 bridgehead atoms. The number of aromatic nitrogens is 1. The lowest BCUT2D eigenvalue weighted by atomic mass is 9.97. The van der Waals surface area contributed by atoms with E-state index in [0.717, 1.165) is 49.1 Å². The fourth-order valence-electron chi connectivity index (χ4n) is 6.71. The summed E-state index contributed by atoms with van der Waals surface area (Å²) in [6.07, 6.45) is 4.25. The van der Waals surface area contributed by atoms with Crippen LogP contribution in [0.3, 0.4) is 0 Å². The van der Waals surface area contributed by atoms with E-state index in [9.17, 15) is 19.7 Å². The number of nitriles is 2. The quantitative estimate of drug-likeness (QED) is 0.275. The van der Waals surface area contributed by atoms with Crippen LogP contribution in [0.25, 0.3) is 22.0 Å². The second-order valence-corrected chi connectivity index (χ2v) is 13.3. The Hall–Kier alpha value is -3.83. The van der Waals surface area contributed by atoms with Gasteiger partial charge in [-0.05, 0) is 68.3 Å². The first kappa shape index (κ1) is 31.2. The zero-order chi connectivity index (χ0) is 31.7. The third-order valence-electron chi connectivity index (χ3n) is 9.05. The van der Waals surface area contributed by atoms with Gasteiger partial charge in [0.2, 0.25) is 5.88 Å². The van der Waals surface area contributed by atoms with Crippen LogP contribution in [0.2, 0.25) is 5.02 Å². The molecule has 11 heteroatoms. The minimum absolute atomic E-state index is 0.000513. The highest BCUT2D eigenvalue weighted by Crippen LogP contribution is 2.44. The predicted molar refractivity (Wildman–Crippen MR) is 175 cm³/mol. The smallest absolute Gasteiger partial charge is 0.282 e. The van der Waals surface area contributed by atoms with Crippen LogP contribution in [0.1, 0.15) is 36.8 Å². The van der Waals surface area contributed by atoms with Crippen molar-refractivity contribution >= 4 is 45.9 Å². The maximum atomic E-state index is 13.9. The Balaban J connectivity index is 1.48. The molecule has 0 spiro atoms. The normalized spacial score (nSPS) is 20.0. The first-order valence-corrected chi connectivity index (χ1v) is 16.6. The molecule has 6 rings (SSSR count). The average molecular weight is 645 g/mol. The first-order chi connectivity index (χ1) is 21.8. The van der Waals surface area contributed by atoms with Crippen molar-refractivity contribution in [2.24, 2.45) is 0 Å². The number of likely N-dealkylation sites (tertiary alicyclic amines) is 1. The summed E-state index contributed by atoms with van der Waals surface area (Å²) in [7, 11) is 2.07. The predicted octanol–water partition coefficient (Wildman–Crippen LogP) is 6.35. The van der Waals surface area contributed by atoms with Gasteiger partial charge in [0.15, 0.2) is 5.83 Å². The molecule has 4 heterocycles. The summed E-state index contributed by atoms with van der Waals surface area (Å²) < 4.78 is 20.2. The zero-order valence-electron chi connectivity index (χ0n) is 25.2. The molecule has 3 aromatic rings. The van der Waals surface area contributed by atoms with Gasteiger partial charge >= 0.3 is 0 Å². The number of piperazine rings is 1. The SMILES string of the molecule is C=C(F)C(=O)N1CCN(c2c(C#N)c(OC[C@@H]3CCCN3C)nc3cc(-c4cccc5c4SCCC5)c(Cl)cc23)C[C@@H]1CC#N. The number of halogens is 2. The molecule has 3 aliphatic heterocycles. The third kappa shape index (κ3) is 6.07. The van der Waals surface area contributed by atoms with Crippen molar-refractivity contribution in [3.05, 3.63) is 58.9 Å². The Kier molecular flexibility index (Phi) is 9.18. The highest BCUT2D eigenvalue weighted by Gasteiger charge is 2.34. The molecular formula is C34H34ClFN6O2S. The number of carbonyl (C=O) groups excluding carboxylic acids is 1. The highest BCUT2D eigenvalue weighted by molar-refractivity contribution is 7.99. The van der Waals surface area contributed by atoms with E-state index in [-0.39, 0.29) is 37.0 Å². The zero-order valence-corrected chi connectivity index (χ0v) is 26.8. The van der Waals surface area contributed by atoms with Crippen LogP contribution in [-0.2, 0) is 11.2 Å². The second-order valence-electron chi connectivity index (χ2n) is 11.8. The van der Waals surface area contributed by atoms with E-state index in [4.69, 9.17) is 21.3 Å². The summed E-state index contributed by atoms with van der Waals surface area (Å²) in [5.41, 5.74) is 4.71. The van der Waals surface area contributed by atoms with Crippen LogP contribution >= 0.6 is 23.4 Å². The number of amides is 1. The van der Waals surface area contributed by atoms with Crippen LogP contribution in [0.5, 0.6) is 5.88 Å². The van der Waals surface area contributed by atoms with Gasteiger partial charge in [-0.2, -0.15) is 10.5 Å². The summed E-state index contributed by atoms with van der Waals surface area (Å²) >= 11 is 8.89. The first-order valence-electron chi connectivity index (χ1n) is 15.2. The molecule has 2 aromatic carbocycles. The molecule has 45 heavy (non-hydrogen) atoms. The van der Waals surface area contributed by atoms with Gasteiger partial charge in [0.25, 0.3) is 5.91 Å². The Morgan fingerprint density at radius 2 is 2.04 bits per heavy atom. The number of benzene rings is 2. The van der Waals surface area contributed by atoms with Gasteiger partial charge in [-0.3, -0.25) is 4.79 Å². The standard InChI is InChI=1S/C34H34ClFN6O2S/c1-21(36)34(43)42-14-13-41(19-23(42)10-11-37)31-27-16-29(35)26(25-9-3-6-22-7-5-15-45-32(22)25)17-30(27)39-33(28(31)18-38)44-20-24-8-4-12-40(24)2/h3,6,9,16-17,23-24H,1,4-5,7-8,10,12-15,19-20H2,2H3/t23-,24-/m0/s1. The molecule has 1 amide bonds. The van der Waals surface area contributed by atoms with Gasteiger partial charge in [-0.25, -0.2) is 9.37 Å². The monoisotopic (exact) mass is 644 g/mol. The number of hydrogen-bond donors (Lipinski definition) is 0. The van der Waals surface area contributed by atoms with Crippen molar-refractivity contribution in [2.75, 3.05) is 50.5 Å². The van der Waals surface area contributed by atoms with Gasteiger partial charge in [-0.15, -0.1) is 11.8 Å². The fraction of sp³-hybridized carbons (Fsp3) is 0.412. The van der Waals surface area contributed by atoms with Crippen LogP contribution in [0, 0.1) is 22.7 Å². The number of likely N-dealkylation sites (N-methyl/N-ethyl adjacent to an activating group) is 1. The summed E-state index contributed by atoms with van der Waals surface area (Å²) in [6, 6.07) is 14.2. The molecule has 0 aliphatic carbocycles. The van der Waals surface area contributed by atoms with Crippen LogP contribution in [0.15, 0.2) is 47.6 Å². The van der Waals surface area contributed by atoms with E-state index in [1.807, 2.05) is 28.8 Å². The van der Waals surface area contributed by atoms with Crippen molar-refractivity contribution in [1.29, 1.82) is 10.5 Å². The minimum atomic E-state index is -1.06. The number of anilines is 1. The number of hydrogen-bond acceptors (Lipinski definition) is 8. The van der Waals surface area contributed by atoms with Gasteiger partial charge in [0.1, 0.15) is 18.2 Å². The van der Waals surface area contributed by atoms with E-state index in [0.29, 0.717) is 34.8 Å². The summed E-state index contributed by atoms with van der Waals surface area (Å²) in [5, 5.41) is 21.3. The largest absolute Gasteiger partial charge is 0.475 e. The molecule has 2 saturated heterocycles. The number of fused-ring (bicyclic) bond motifs is 2. The molecule has 0 saturated carbocycles. The Labute approximate surface area is 272 Å². The fourth-order valence-corrected chi connectivity index (χ4v) is 8.16. The number of ether oxygens (including phenoxy) is 1. The van der Waals surface area contributed by atoms with Crippen molar-refractivity contribution in [3.8, 4) is 29.1 Å². The van der Waals surface area contributed by atoms with Crippen LogP contribution < -0.4 is 9.64 Å². The van der Waals surface area contributed by atoms with Gasteiger partial charge in [-0.1, -0.05) is 36.4 Å². The van der Waals surface area contributed by atoms with E-state index >= 15 is 0 Å². The maximum absolute atomic E-state index is 13.9. The Morgan fingerprint density at radius 3 is 2.78 bits per heavy atom. The highest BCUT2D eigenvalue weighted by atomic mass is 35.5. The molecular weight excluding hydrogens is 611 g/mol. The molecule has 2 fully saturated rings. The van der Waals surface area contributed by atoms with Crippen LogP contribution in [-0.4, -0.2) is 78.4 Å². The third-order valence-corrected chi connectivity index (χ3v) is 10.6. The van der Waals surface area contributed by atoms with Gasteiger partial charge in [0.05, 0.1) is 29.7 Å². The lowest BCUT2D eigenvalue weighted by Gasteiger charge is -2.42. The number of pyridine rings is 1. The molecule has 0 radical (unpaired) electrons. The van der Waals surface area contributed by atoms with Gasteiger partial charge in [0, 0.05) is 46.5 Å². The second kappa shape index (κ2) is 13.3. The molecule has 0 unspecified atom stereocenters. The summed E-state index contributed by atoms with van der Waals surface area (Å²) in [4.78, 5) is 24.3. The topological polar surface area (TPSA) is 96.5 Å². The van der Waals surface area contributed by atoms with E-state index < -0.39 is 17.8 Å². The Bertz CT molecular complexity index is 1750. The van der Waals surface area contributed by atoms with Crippen molar-refractivity contribution < 1.29 is 13.9 Å². The summed E-state index contributed by atoms with van der Waals surface area (Å²) in [5.74, 6) is -0.598. The van der Waals surface area contributed by atoms with E-state index in [1.54, 1.807) is 0 Å². The minimum Gasteiger partial charge on any atom is -0.475 e. The lowest BCUT2D eigenvalue weighted by molar-refractivity contribution is -0.131. The molecule has 2 atom stereocenters. The summed E-state index contributed by atoms with van der Waals surface area (Å²) in [6.45, 7) is 5.23. The van der Waals surface area contributed by atoms with Crippen molar-refractivity contribution in [2.45, 2.75) is 49.1 Å². The molecule has 1 aromatic heterocycles. The lowest BCUT2D eigenvalue weighted by Crippen LogP contribution is -2.55. The Morgan fingerprint density at radius 1 is 1.20 bits per heavy atom. The number of aryl methyl sites for hydroxylation is 1. The molecule has 0 N–H and O–H groups in total. The average Bonchev–Trinajstić information content (AvgIpc) is 3.46. The molecule has 3 aliphatic rings. The van der Waals surface area contributed by atoms with E-state index in [2.05, 4.69) is 48.9 Å². The molecule has 232 valence electrons. The van der Waals surface area contributed by atoms with E-state index in [1.165, 1.54) is 15.4 Å². The van der Waals surface area contributed by atoms with Gasteiger partial charge < -0.3 is 19.4 Å². The van der Waals surface area contributed by atoms with Crippen molar-refractivity contribution in [3.63, 3.8) is 0 Å². The number of carbonyl (C=O) groups is 1.